The van der Waals surface area contributed by atoms with Crippen molar-refractivity contribution in [2.75, 3.05) is 53.8 Å². The number of likely N-dealkylation sites (tertiary alicyclic amines) is 1. The van der Waals surface area contributed by atoms with Crippen LogP contribution >= 0.6 is 0 Å². The van der Waals surface area contributed by atoms with Gasteiger partial charge in [-0.05, 0) is 48.4 Å². The number of hydrogen-bond acceptors (Lipinski definition) is 15. The lowest BCUT2D eigenvalue weighted by molar-refractivity contribution is -0.922. The summed E-state index contributed by atoms with van der Waals surface area (Å²) >= 11 is 0. The summed E-state index contributed by atoms with van der Waals surface area (Å²) in [6.07, 6.45) is -9.33. The second kappa shape index (κ2) is 29.6. The molecular formula is C56H88N7O16+. The zero-order valence-electron chi connectivity index (χ0n) is 47.9. The van der Waals surface area contributed by atoms with Crippen molar-refractivity contribution in [1.82, 2.24) is 20.4 Å². The minimum atomic E-state index is -1.95. The lowest BCUT2D eigenvalue weighted by atomic mass is 9.89. The molecule has 2 fully saturated rings. The number of carboxylic acids is 2. The number of hydrogen-bond donors (Lipinski definition) is 9. The van der Waals surface area contributed by atoms with Crippen LogP contribution in [0.1, 0.15) is 91.7 Å². The molecule has 0 aromatic heterocycles. The first-order valence-corrected chi connectivity index (χ1v) is 27.2. The average molecular weight is 1120 g/mol. The van der Waals surface area contributed by atoms with Crippen molar-refractivity contribution in [3.63, 3.8) is 0 Å². The Kier molecular flexibility index (Phi) is 24.6. The van der Waals surface area contributed by atoms with E-state index in [9.17, 15) is 59.1 Å². The molecule has 10 N–H and O–H groups in total. The molecule has 2 aliphatic rings. The molecule has 0 saturated carbocycles. The topological polar surface area (TPSA) is 326 Å². The van der Waals surface area contributed by atoms with E-state index in [1.807, 2.05) is 61.7 Å². The van der Waals surface area contributed by atoms with Crippen molar-refractivity contribution < 1.29 is 82.5 Å². The molecule has 2 saturated heterocycles. The lowest BCUT2D eigenvalue weighted by Gasteiger charge is -2.42. The van der Waals surface area contributed by atoms with Crippen molar-refractivity contribution in [3.05, 3.63) is 59.7 Å². The number of benzene rings is 2. The number of carboxylic acid groups (broad SMARTS) is 2. The van der Waals surface area contributed by atoms with Crippen molar-refractivity contribution in [3.8, 4) is 5.75 Å². The normalized spacial score (nSPS) is 22.6. The third-order valence-electron chi connectivity index (χ3n) is 15.4. The number of anilines is 1. The number of nitrogens with zero attached hydrogens (tertiary/aromatic N) is 3. The molecule has 0 radical (unpaired) electrons. The van der Waals surface area contributed by atoms with E-state index in [1.165, 1.54) is 20.3 Å². The van der Waals surface area contributed by atoms with Gasteiger partial charge in [0.25, 0.3) is 5.91 Å². The molecule has 23 heteroatoms. The van der Waals surface area contributed by atoms with Crippen LogP contribution in [-0.2, 0) is 60.7 Å². The second-order valence-corrected chi connectivity index (χ2v) is 22.3. The van der Waals surface area contributed by atoms with Crippen molar-refractivity contribution >= 4 is 47.2 Å². The summed E-state index contributed by atoms with van der Waals surface area (Å²) in [7, 11) is 8.29. The van der Waals surface area contributed by atoms with E-state index in [2.05, 4.69) is 16.0 Å². The summed E-state index contributed by atoms with van der Waals surface area (Å²) in [5, 5.41) is 59.3. The van der Waals surface area contributed by atoms with Gasteiger partial charge in [-0.3, -0.25) is 24.0 Å². The van der Waals surface area contributed by atoms with Crippen molar-refractivity contribution in [1.29, 1.82) is 0 Å². The fraction of sp³-hybridized carbons (Fsp3) is 0.661. The number of aliphatic carboxylic acids is 2. The predicted octanol–water partition coefficient (Wildman–Crippen LogP) is 1.72. The van der Waals surface area contributed by atoms with Gasteiger partial charge in [0.1, 0.15) is 42.7 Å². The van der Waals surface area contributed by atoms with Gasteiger partial charge in [0.05, 0.1) is 56.4 Å². The number of methoxy groups -OCH3 is 2. The van der Waals surface area contributed by atoms with Crippen LogP contribution in [0.2, 0.25) is 0 Å². The Bertz CT molecular complexity index is 2380. The maximum absolute atomic E-state index is 14.9. The van der Waals surface area contributed by atoms with Gasteiger partial charge >= 0.3 is 11.9 Å². The Morgan fingerprint density at radius 2 is 1.52 bits per heavy atom. The van der Waals surface area contributed by atoms with Crippen LogP contribution < -0.4 is 26.4 Å². The van der Waals surface area contributed by atoms with E-state index in [4.69, 9.17) is 24.7 Å². The summed E-state index contributed by atoms with van der Waals surface area (Å²) in [6, 6.07) is 9.58. The fourth-order valence-corrected chi connectivity index (χ4v) is 11.1. The quantitative estimate of drug-likeness (QED) is 0.0524. The highest BCUT2D eigenvalue weighted by atomic mass is 16.7. The third-order valence-corrected chi connectivity index (χ3v) is 15.4. The van der Waals surface area contributed by atoms with Crippen LogP contribution in [0, 0.1) is 23.7 Å². The number of nitrogens with two attached hydrogens (primary N) is 1. The van der Waals surface area contributed by atoms with E-state index in [1.54, 1.807) is 60.2 Å². The van der Waals surface area contributed by atoms with Gasteiger partial charge in [-0.2, -0.15) is 0 Å². The SMILES string of the molecule is CC[C@H](C)[C@@H]([C@@H](CC(=O)N1CCCC1[C@H](OC)[C@@H](C)C(=O)N[C@@H](Cc1ccccc1)C(=O)O)OC)N(C)C(=O)C(NC(=O)C(C(C)C)[N+](C)(C)Cc1ccc(O[C@@H]2O[C@H](C(=O)O)[C@@H](O)[C@H](O)[C@H]2O)c(NC(=O)CCN)c1)C(C)C. The molecular weight excluding hydrogens is 1030 g/mol. The summed E-state index contributed by atoms with van der Waals surface area (Å²) < 4.78 is 23.2. The number of likely N-dealkylation sites (N-methyl/N-ethyl adjacent to an activating group) is 2. The average Bonchev–Trinajstić information content (AvgIpc) is 3.89. The standard InChI is InChI=1S/C56H87N7O16/c1-13-32(6)44(40(76-11)28-42(65)62-25-17-20-38(62)49(77-12)33(7)51(69)59-37(54(72)73)26-34-18-15-14-16-19-34)61(8)53(71)43(30(2)3)60-52(70)45(31(4)5)63(9,10)29-35-21-22-39(36(27-35)58-41(64)23-24-57)78-56-48(68)46(66)47(67)50(79-56)55(74)75/h14-16,18-19,21-22,27,30-33,37-38,40,43-50,56,66-68H,13,17,20,23-26,28-29,57H2,1-12H3,(H4-,58,59,60,64,69,70,72,73,74,75)/p+1/t32-,33+,37-,38?,40+,43?,44-,45?,46-,47-,48+,49+,50-,56+/m0/s1. The molecule has 5 amide bonds. The van der Waals surface area contributed by atoms with Gasteiger partial charge in [-0.1, -0.05) is 85.2 Å². The Morgan fingerprint density at radius 1 is 0.861 bits per heavy atom. The minimum absolute atomic E-state index is 0.0157. The van der Waals surface area contributed by atoms with E-state index in [0.717, 1.165) is 5.56 Å². The van der Waals surface area contributed by atoms with E-state index >= 15 is 0 Å². The molecule has 14 atom stereocenters. The molecule has 79 heavy (non-hydrogen) atoms. The predicted molar refractivity (Wildman–Crippen MR) is 291 cm³/mol. The number of carbonyl (C=O) groups is 7. The molecule has 0 aliphatic carbocycles. The highest BCUT2D eigenvalue weighted by Crippen LogP contribution is 2.34. The van der Waals surface area contributed by atoms with Gasteiger partial charge < -0.3 is 80.4 Å². The number of amides is 5. The molecule has 23 nitrogen and oxygen atoms in total. The molecule has 0 spiro atoms. The Hall–Kier alpha value is -5.79. The number of aliphatic hydroxyl groups is 3. The van der Waals surface area contributed by atoms with Crippen LogP contribution in [0.15, 0.2) is 48.5 Å². The van der Waals surface area contributed by atoms with Crippen LogP contribution in [0.4, 0.5) is 5.69 Å². The van der Waals surface area contributed by atoms with E-state index in [0.29, 0.717) is 31.4 Å². The maximum atomic E-state index is 14.9. The number of rotatable bonds is 29. The van der Waals surface area contributed by atoms with Gasteiger partial charge in [0.15, 0.2) is 12.1 Å². The first-order chi connectivity index (χ1) is 37.1. The maximum Gasteiger partial charge on any atom is 0.335 e. The number of ether oxygens (including phenoxy) is 4. The van der Waals surface area contributed by atoms with E-state index in [-0.39, 0.29) is 66.0 Å². The van der Waals surface area contributed by atoms with Crippen molar-refractivity contribution in [2.24, 2.45) is 29.4 Å². The number of quaternary nitrogens is 1. The molecule has 0 bridgehead atoms. The van der Waals surface area contributed by atoms with Gasteiger partial charge in [-0.15, -0.1) is 0 Å². The monoisotopic (exact) mass is 1110 g/mol. The summed E-state index contributed by atoms with van der Waals surface area (Å²) in [5.74, 6) is -6.60. The van der Waals surface area contributed by atoms with Gasteiger partial charge in [-0.25, -0.2) is 9.59 Å². The number of carbonyl (C=O) groups excluding carboxylic acids is 5. The zero-order valence-corrected chi connectivity index (χ0v) is 47.9. The minimum Gasteiger partial charge on any atom is -0.480 e. The molecule has 442 valence electrons. The lowest BCUT2D eigenvalue weighted by Crippen LogP contribution is -2.63. The second-order valence-electron chi connectivity index (χ2n) is 22.3. The Balaban J connectivity index is 1.54. The van der Waals surface area contributed by atoms with E-state index < -0.39 is 121 Å². The third kappa shape index (κ3) is 16.9. The molecule has 2 heterocycles. The molecule has 3 unspecified atom stereocenters. The molecule has 2 aromatic rings. The molecule has 4 rings (SSSR count). The number of nitrogens with one attached hydrogen (secondary N) is 3. The van der Waals surface area contributed by atoms with Gasteiger partial charge in [0.2, 0.25) is 29.9 Å². The Morgan fingerprint density at radius 3 is 2.08 bits per heavy atom. The van der Waals surface area contributed by atoms with Crippen LogP contribution in [0.25, 0.3) is 0 Å². The smallest absolute Gasteiger partial charge is 0.335 e. The first kappa shape index (κ1) is 65.7. The highest BCUT2D eigenvalue weighted by Gasteiger charge is 2.49. The summed E-state index contributed by atoms with van der Waals surface area (Å²) in [5.41, 5.74) is 7.09. The van der Waals surface area contributed by atoms with Gasteiger partial charge in [0, 0.05) is 58.7 Å². The Labute approximate surface area is 464 Å². The highest BCUT2D eigenvalue weighted by molar-refractivity contribution is 5.93. The zero-order chi connectivity index (χ0) is 59.2. The largest absolute Gasteiger partial charge is 0.480 e. The molecule has 2 aliphatic heterocycles. The van der Waals surface area contributed by atoms with Crippen molar-refractivity contribution in [2.45, 2.75) is 167 Å². The summed E-state index contributed by atoms with van der Waals surface area (Å²) in [6.45, 7) is 13.6. The fourth-order valence-electron chi connectivity index (χ4n) is 11.1. The number of aliphatic hydroxyl groups excluding tert-OH is 3. The van der Waals surface area contributed by atoms with Crippen LogP contribution in [-0.4, -0.2) is 203 Å². The van der Waals surface area contributed by atoms with Crippen LogP contribution in [0.3, 0.4) is 0 Å². The first-order valence-electron chi connectivity index (χ1n) is 27.2. The summed E-state index contributed by atoms with van der Waals surface area (Å²) in [4.78, 5) is 98.0. The molecule has 2 aromatic carbocycles. The van der Waals surface area contributed by atoms with Crippen LogP contribution in [0.5, 0.6) is 5.75 Å².